The Labute approximate surface area is 180 Å². The third-order valence-electron chi connectivity index (χ3n) is 4.86. The Morgan fingerprint density at radius 3 is 1.72 bits per heavy atom. The Balaban J connectivity index is 2.99. The van der Waals surface area contributed by atoms with E-state index in [0.29, 0.717) is 5.92 Å². The summed E-state index contributed by atoms with van der Waals surface area (Å²) in [6, 6.07) is 4.44. The van der Waals surface area contributed by atoms with Gasteiger partial charge in [0.1, 0.15) is 11.5 Å². The maximum atomic E-state index is 6.27. The second-order valence-electron chi connectivity index (χ2n) is 9.84. The van der Waals surface area contributed by atoms with Gasteiger partial charge in [-0.1, -0.05) is 57.9 Å². The fourth-order valence-electron chi connectivity index (χ4n) is 3.17. The van der Waals surface area contributed by atoms with Crippen molar-refractivity contribution in [1.82, 2.24) is 0 Å². The molecule has 164 valence electrons. The summed E-state index contributed by atoms with van der Waals surface area (Å²) in [5.41, 5.74) is 5.20. The second kappa shape index (κ2) is 12.1. The number of hydrogen-bond donors (Lipinski definition) is 0. The molecule has 0 aliphatic heterocycles. The predicted molar refractivity (Wildman–Crippen MR) is 128 cm³/mol. The molecule has 0 N–H and O–H groups in total. The van der Waals surface area contributed by atoms with E-state index in [1.165, 1.54) is 22.3 Å². The van der Waals surface area contributed by atoms with Crippen LogP contribution in [0.15, 0.2) is 35.4 Å². The van der Waals surface area contributed by atoms with Gasteiger partial charge < -0.3 is 9.47 Å². The van der Waals surface area contributed by atoms with Crippen molar-refractivity contribution in [2.75, 3.05) is 13.2 Å². The molecule has 2 nitrogen and oxygen atoms in total. The van der Waals surface area contributed by atoms with E-state index in [1.807, 2.05) is 0 Å². The lowest BCUT2D eigenvalue weighted by Crippen LogP contribution is -2.15. The Bertz CT molecular complexity index is 679. The van der Waals surface area contributed by atoms with Crippen molar-refractivity contribution in [2.24, 2.45) is 0 Å². The molecule has 0 saturated carbocycles. The summed E-state index contributed by atoms with van der Waals surface area (Å²) in [4.78, 5) is 0. The molecule has 0 spiro atoms. The zero-order chi connectivity index (χ0) is 22.0. The first-order valence-corrected chi connectivity index (χ1v) is 11.2. The summed E-state index contributed by atoms with van der Waals surface area (Å²) >= 11 is 0. The number of unbranched alkanes of at least 4 members (excludes halogenated alkanes) is 2. The molecule has 0 saturated heterocycles. The minimum absolute atomic E-state index is 0.00488. The van der Waals surface area contributed by atoms with E-state index in [9.17, 15) is 0 Å². The van der Waals surface area contributed by atoms with Gasteiger partial charge in [0.15, 0.2) is 0 Å². The van der Waals surface area contributed by atoms with Crippen molar-refractivity contribution in [3.05, 3.63) is 46.6 Å². The van der Waals surface area contributed by atoms with Crippen molar-refractivity contribution in [2.45, 2.75) is 99.3 Å². The molecule has 0 aliphatic rings. The highest BCUT2D eigenvalue weighted by Gasteiger charge is 2.23. The molecule has 1 rings (SSSR count). The van der Waals surface area contributed by atoms with E-state index in [1.54, 1.807) is 0 Å². The van der Waals surface area contributed by atoms with Crippen LogP contribution in [0.3, 0.4) is 0 Å². The smallest absolute Gasteiger partial charge is 0.123 e. The Hall–Kier alpha value is -1.70. The number of allylic oxidation sites excluding steroid dienone is 4. The number of ether oxygens (including phenoxy) is 2. The predicted octanol–water partition coefficient (Wildman–Crippen LogP) is 8.36. The Morgan fingerprint density at radius 1 is 0.828 bits per heavy atom. The maximum absolute atomic E-state index is 6.27. The summed E-state index contributed by atoms with van der Waals surface area (Å²) < 4.78 is 12.5. The van der Waals surface area contributed by atoms with E-state index < -0.39 is 0 Å². The molecule has 0 radical (unpaired) electrons. The summed E-state index contributed by atoms with van der Waals surface area (Å²) in [6.45, 7) is 21.2. The van der Waals surface area contributed by atoms with Gasteiger partial charge in [-0.2, -0.15) is 0 Å². The summed E-state index contributed by atoms with van der Waals surface area (Å²) in [7, 11) is 0. The largest absolute Gasteiger partial charge is 0.493 e. The third-order valence-corrected chi connectivity index (χ3v) is 4.86. The van der Waals surface area contributed by atoms with Crippen molar-refractivity contribution in [1.29, 1.82) is 0 Å². The van der Waals surface area contributed by atoms with Gasteiger partial charge in [-0.25, -0.2) is 0 Å². The van der Waals surface area contributed by atoms with Gasteiger partial charge >= 0.3 is 0 Å². The monoisotopic (exact) mass is 400 g/mol. The molecule has 1 aromatic carbocycles. The Kier molecular flexibility index (Phi) is 10.6. The highest BCUT2D eigenvalue weighted by atomic mass is 16.5. The normalized spacial score (nSPS) is 11.4. The van der Waals surface area contributed by atoms with Gasteiger partial charge in [0, 0.05) is 11.1 Å². The van der Waals surface area contributed by atoms with Crippen molar-refractivity contribution >= 4 is 0 Å². The standard InChI is InChI=1S/C27H44O2/c1-20(2)14-10-12-16-28-25-19-24(27(7,8)9)26(18-23(25)22(5)6)29-17-13-11-15-21(3)4/h14-15,18-19,22H,10-13,16-17H2,1-9H3. The Morgan fingerprint density at radius 2 is 1.31 bits per heavy atom. The number of rotatable bonds is 11. The van der Waals surface area contributed by atoms with Crippen LogP contribution in [-0.4, -0.2) is 13.2 Å². The van der Waals surface area contributed by atoms with E-state index in [4.69, 9.17) is 9.47 Å². The zero-order valence-corrected chi connectivity index (χ0v) is 20.4. The van der Waals surface area contributed by atoms with Gasteiger partial charge in [0.05, 0.1) is 13.2 Å². The van der Waals surface area contributed by atoms with Gasteiger partial charge in [-0.15, -0.1) is 0 Å². The lowest BCUT2D eigenvalue weighted by molar-refractivity contribution is 0.293. The summed E-state index contributed by atoms with van der Waals surface area (Å²) in [5, 5.41) is 0. The van der Waals surface area contributed by atoms with Gasteiger partial charge in [0.2, 0.25) is 0 Å². The van der Waals surface area contributed by atoms with Gasteiger partial charge in [0.25, 0.3) is 0 Å². The molecular weight excluding hydrogens is 356 g/mol. The fourth-order valence-corrected chi connectivity index (χ4v) is 3.17. The first-order valence-electron chi connectivity index (χ1n) is 11.2. The molecule has 2 heteroatoms. The molecule has 0 unspecified atom stereocenters. The van der Waals surface area contributed by atoms with E-state index >= 15 is 0 Å². The molecule has 0 atom stereocenters. The molecule has 0 amide bonds. The molecule has 0 heterocycles. The van der Waals surface area contributed by atoms with Crippen molar-refractivity contribution < 1.29 is 9.47 Å². The topological polar surface area (TPSA) is 18.5 Å². The van der Waals surface area contributed by atoms with Crippen LogP contribution in [0.2, 0.25) is 0 Å². The fraction of sp³-hybridized carbons (Fsp3) is 0.630. The van der Waals surface area contributed by atoms with Crippen LogP contribution in [0.1, 0.15) is 105 Å². The highest BCUT2D eigenvalue weighted by molar-refractivity contribution is 5.50. The van der Waals surface area contributed by atoms with Crippen LogP contribution < -0.4 is 9.47 Å². The van der Waals surface area contributed by atoms with E-state index in [0.717, 1.165) is 50.4 Å². The molecule has 29 heavy (non-hydrogen) atoms. The lowest BCUT2D eigenvalue weighted by atomic mass is 9.84. The van der Waals surface area contributed by atoms with E-state index in [2.05, 4.69) is 86.6 Å². The van der Waals surface area contributed by atoms with Crippen LogP contribution in [0, 0.1) is 0 Å². The number of benzene rings is 1. The molecule has 0 aromatic heterocycles. The maximum Gasteiger partial charge on any atom is 0.123 e. The molecule has 1 aromatic rings. The molecular formula is C27H44O2. The van der Waals surface area contributed by atoms with Crippen LogP contribution in [0.25, 0.3) is 0 Å². The van der Waals surface area contributed by atoms with Crippen LogP contribution >= 0.6 is 0 Å². The van der Waals surface area contributed by atoms with Crippen LogP contribution in [-0.2, 0) is 5.41 Å². The summed E-state index contributed by atoms with van der Waals surface area (Å²) in [5.74, 6) is 2.42. The van der Waals surface area contributed by atoms with Crippen molar-refractivity contribution in [3.63, 3.8) is 0 Å². The molecule has 0 aliphatic carbocycles. The SMILES string of the molecule is CC(C)=CCCCOc1cc(C(C)(C)C)c(OCCCC=C(C)C)cc1C(C)C. The first-order chi connectivity index (χ1) is 13.5. The quantitative estimate of drug-likeness (QED) is 0.274. The zero-order valence-electron chi connectivity index (χ0n) is 20.4. The first kappa shape index (κ1) is 25.3. The molecule has 0 bridgehead atoms. The minimum atomic E-state index is 0.00488. The van der Waals surface area contributed by atoms with E-state index in [-0.39, 0.29) is 5.41 Å². The lowest BCUT2D eigenvalue weighted by Gasteiger charge is -2.26. The van der Waals surface area contributed by atoms with Gasteiger partial charge in [-0.05, 0) is 76.8 Å². The van der Waals surface area contributed by atoms with Gasteiger partial charge in [-0.3, -0.25) is 0 Å². The minimum Gasteiger partial charge on any atom is -0.493 e. The van der Waals surface area contributed by atoms with Crippen LogP contribution in [0.4, 0.5) is 0 Å². The summed E-state index contributed by atoms with van der Waals surface area (Å²) in [6.07, 6.45) is 8.76. The van der Waals surface area contributed by atoms with Crippen LogP contribution in [0.5, 0.6) is 11.5 Å². The average molecular weight is 401 g/mol. The number of hydrogen-bond acceptors (Lipinski definition) is 2. The second-order valence-corrected chi connectivity index (χ2v) is 9.84. The molecule has 0 fully saturated rings. The average Bonchev–Trinajstić information content (AvgIpc) is 2.59. The third kappa shape index (κ3) is 9.56. The highest BCUT2D eigenvalue weighted by Crippen LogP contribution is 2.39. The van der Waals surface area contributed by atoms with Crippen molar-refractivity contribution in [3.8, 4) is 11.5 Å².